The second-order valence-electron chi connectivity index (χ2n) is 5.27. The molecule has 0 saturated carbocycles. The number of aliphatic imine (C=N–C) groups is 1. The summed E-state index contributed by atoms with van der Waals surface area (Å²) in [5, 5.41) is 4.39. The van der Waals surface area contributed by atoms with Gasteiger partial charge in [0.25, 0.3) is 0 Å². The van der Waals surface area contributed by atoms with Gasteiger partial charge < -0.3 is 5.32 Å². The maximum Gasteiger partial charge on any atom is 0.157 e. The first kappa shape index (κ1) is 13.4. The molecule has 0 radical (unpaired) electrons. The number of benzene rings is 1. The molecule has 1 N–H and O–H groups in total. The molecule has 2 nitrogen and oxygen atoms in total. The van der Waals surface area contributed by atoms with Crippen molar-refractivity contribution >= 4 is 16.9 Å². The molecule has 2 rings (SSSR count). The highest BCUT2D eigenvalue weighted by atomic mass is 32.2. The SMILES string of the molecule is CC(N=C1NC(C)(C)CCS1)c1cccc(F)c1. The monoisotopic (exact) mass is 266 g/mol. The zero-order chi connectivity index (χ0) is 13.2. The number of thioether (sulfide) groups is 1. The number of hydrogen-bond acceptors (Lipinski definition) is 2. The Bertz CT molecular complexity index is 457. The molecule has 4 heteroatoms. The molecule has 1 aromatic rings. The van der Waals surface area contributed by atoms with E-state index in [0.717, 1.165) is 22.9 Å². The van der Waals surface area contributed by atoms with Gasteiger partial charge in [0.2, 0.25) is 0 Å². The van der Waals surface area contributed by atoms with Gasteiger partial charge in [-0.05, 0) is 44.9 Å². The van der Waals surface area contributed by atoms with E-state index in [9.17, 15) is 4.39 Å². The van der Waals surface area contributed by atoms with E-state index in [4.69, 9.17) is 0 Å². The van der Waals surface area contributed by atoms with E-state index in [1.165, 1.54) is 6.07 Å². The number of hydrogen-bond donors (Lipinski definition) is 1. The van der Waals surface area contributed by atoms with E-state index in [1.807, 2.05) is 13.0 Å². The van der Waals surface area contributed by atoms with Crippen molar-refractivity contribution in [3.63, 3.8) is 0 Å². The van der Waals surface area contributed by atoms with Crippen molar-refractivity contribution in [1.82, 2.24) is 5.32 Å². The maximum atomic E-state index is 13.2. The molecule has 1 aliphatic heterocycles. The van der Waals surface area contributed by atoms with Gasteiger partial charge in [-0.15, -0.1) is 0 Å². The third kappa shape index (κ3) is 3.48. The van der Waals surface area contributed by atoms with Crippen LogP contribution in [0.1, 0.15) is 38.8 Å². The molecule has 0 aliphatic carbocycles. The number of halogens is 1. The normalized spacial score (nSPS) is 22.6. The maximum absolute atomic E-state index is 13.2. The molecule has 1 fully saturated rings. The summed E-state index contributed by atoms with van der Waals surface area (Å²) in [6, 6.07) is 6.63. The zero-order valence-electron chi connectivity index (χ0n) is 11.0. The fourth-order valence-electron chi connectivity index (χ4n) is 1.88. The third-order valence-corrected chi connectivity index (χ3v) is 3.94. The minimum atomic E-state index is -0.205. The van der Waals surface area contributed by atoms with Crippen LogP contribution in [0.15, 0.2) is 29.3 Å². The van der Waals surface area contributed by atoms with Gasteiger partial charge in [0.1, 0.15) is 5.82 Å². The van der Waals surface area contributed by atoms with Crippen LogP contribution in [0.2, 0.25) is 0 Å². The van der Waals surface area contributed by atoms with Gasteiger partial charge in [0.15, 0.2) is 5.17 Å². The van der Waals surface area contributed by atoms with Crippen LogP contribution in [0.4, 0.5) is 4.39 Å². The van der Waals surface area contributed by atoms with Crippen LogP contribution in [0, 0.1) is 5.82 Å². The quantitative estimate of drug-likeness (QED) is 0.881. The predicted molar refractivity (Wildman–Crippen MR) is 76.5 cm³/mol. The summed E-state index contributed by atoms with van der Waals surface area (Å²) in [6.07, 6.45) is 1.13. The Balaban J connectivity index is 2.12. The standard InChI is InChI=1S/C14H19FN2S/c1-10(11-5-4-6-12(15)9-11)16-13-17-14(2,3)7-8-18-13/h4-6,9-10H,7-8H2,1-3H3,(H,16,17). The predicted octanol–water partition coefficient (Wildman–Crippen LogP) is 3.75. The van der Waals surface area contributed by atoms with Crippen LogP contribution in [0.3, 0.4) is 0 Å². The Morgan fingerprint density at radius 2 is 2.22 bits per heavy atom. The van der Waals surface area contributed by atoms with Gasteiger partial charge in [-0.25, -0.2) is 4.39 Å². The minimum absolute atomic E-state index is 0.0235. The first-order chi connectivity index (χ1) is 8.46. The Morgan fingerprint density at radius 1 is 1.44 bits per heavy atom. The van der Waals surface area contributed by atoms with E-state index in [2.05, 4.69) is 24.2 Å². The summed E-state index contributed by atoms with van der Waals surface area (Å²) in [5.74, 6) is 0.874. The van der Waals surface area contributed by atoms with Crippen LogP contribution in [0.25, 0.3) is 0 Å². The van der Waals surface area contributed by atoms with E-state index in [-0.39, 0.29) is 17.4 Å². The fourth-order valence-corrected chi connectivity index (χ4v) is 3.26. The Morgan fingerprint density at radius 3 is 2.89 bits per heavy atom. The molecule has 1 saturated heterocycles. The van der Waals surface area contributed by atoms with Crippen molar-refractivity contribution in [1.29, 1.82) is 0 Å². The number of nitrogens with one attached hydrogen (secondary N) is 1. The van der Waals surface area contributed by atoms with Crippen LogP contribution in [0.5, 0.6) is 0 Å². The van der Waals surface area contributed by atoms with Crippen molar-refractivity contribution in [3.8, 4) is 0 Å². The molecule has 1 unspecified atom stereocenters. The van der Waals surface area contributed by atoms with Crippen molar-refractivity contribution in [2.45, 2.75) is 38.8 Å². The lowest BCUT2D eigenvalue weighted by Gasteiger charge is -2.32. The molecule has 0 bridgehead atoms. The number of rotatable bonds is 2. The van der Waals surface area contributed by atoms with Gasteiger partial charge in [-0.1, -0.05) is 23.9 Å². The van der Waals surface area contributed by atoms with Crippen LogP contribution < -0.4 is 5.32 Å². The lowest BCUT2D eigenvalue weighted by atomic mass is 10.0. The van der Waals surface area contributed by atoms with Crippen LogP contribution >= 0.6 is 11.8 Å². The smallest absolute Gasteiger partial charge is 0.157 e. The molecule has 0 spiro atoms. The molecular weight excluding hydrogens is 247 g/mol. The number of nitrogens with zero attached hydrogens (tertiary/aromatic N) is 1. The highest BCUT2D eigenvalue weighted by Crippen LogP contribution is 2.25. The van der Waals surface area contributed by atoms with Gasteiger partial charge in [0, 0.05) is 11.3 Å². The Labute approximate surface area is 112 Å². The van der Waals surface area contributed by atoms with Gasteiger partial charge >= 0.3 is 0 Å². The summed E-state index contributed by atoms with van der Waals surface area (Å²) in [4.78, 5) is 4.64. The summed E-state index contributed by atoms with van der Waals surface area (Å²) in [7, 11) is 0. The Hall–Kier alpha value is -1.03. The average molecular weight is 266 g/mol. The largest absolute Gasteiger partial charge is 0.360 e. The first-order valence-corrected chi connectivity index (χ1v) is 7.19. The summed E-state index contributed by atoms with van der Waals surface area (Å²) in [5.41, 5.74) is 1.01. The van der Waals surface area contributed by atoms with Crippen LogP contribution in [-0.4, -0.2) is 16.5 Å². The van der Waals surface area contributed by atoms with E-state index in [0.29, 0.717) is 0 Å². The second-order valence-corrected chi connectivity index (χ2v) is 6.36. The first-order valence-electron chi connectivity index (χ1n) is 6.20. The highest BCUT2D eigenvalue weighted by Gasteiger charge is 2.24. The summed E-state index contributed by atoms with van der Waals surface area (Å²) in [6.45, 7) is 6.34. The minimum Gasteiger partial charge on any atom is -0.360 e. The third-order valence-electron chi connectivity index (χ3n) is 3.05. The van der Waals surface area contributed by atoms with Gasteiger partial charge in [0.05, 0.1) is 6.04 Å². The van der Waals surface area contributed by atoms with Crippen LogP contribution in [-0.2, 0) is 0 Å². The highest BCUT2D eigenvalue weighted by molar-refractivity contribution is 8.13. The summed E-state index contributed by atoms with van der Waals surface area (Å²) >= 11 is 1.74. The topological polar surface area (TPSA) is 24.4 Å². The molecule has 1 atom stereocenters. The van der Waals surface area contributed by atoms with Crippen molar-refractivity contribution in [2.24, 2.45) is 4.99 Å². The lowest BCUT2D eigenvalue weighted by Crippen LogP contribution is -2.46. The van der Waals surface area contributed by atoms with Gasteiger partial charge in [-0.2, -0.15) is 0 Å². The molecule has 0 aromatic heterocycles. The van der Waals surface area contributed by atoms with E-state index < -0.39 is 0 Å². The lowest BCUT2D eigenvalue weighted by molar-refractivity contribution is 0.445. The molecule has 1 aliphatic rings. The van der Waals surface area contributed by atoms with Crippen molar-refractivity contribution < 1.29 is 4.39 Å². The molecule has 0 amide bonds. The van der Waals surface area contributed by atoms with Crippen molar-refractivity contribution in [3.05, 3.63) is 35.6 Å². The molecule has 18 heavy (non-hydrogen) atoms. The zero-order valence-corrected chi connectivity index (χ0v) is 11.9. The van der Waals surface area contributed by atoms with Gasteiger partial charge in [-0.3, -0.25) is 4.99 Å². The molecular formula is C14H19FN2S. The Kier molecular flexibility index (Phi) is 3.95. The van der Waals surface area contributed by atoms with E-state index in [1.54, 1.807) is 23.9 Å². The molecule has 98 valence electrons. The van der Waals surface area contributed by atoms with Crippen molar-refractivity contribution in [2.75, 3.05) is 5.75 Å². The number of amidine groups is 1. The average Bonchev–Trinajstić information content (AvgIpc) is 2.27. The summed E-state index contributed by atoms with van der Waals surface area (Å²) < 4.78 is 13.2. The second kappa shape index (κ2) is 5.31. The molecule has 1 aromatic carbocycles. The molecule has 1 heterocycles. The van der Waals surface area contributed by atoms with E-state index >= 15 is 0 Å². The fraction of sp³-hybridized carbons (Fsp3) is 0.500.